The Morgan fingerprint density at radius 2 is 1.69 bits per heavy atom. The number of hydrogen-bond acceptors (Lipinski definition) is 3. The molecule has 0 aliphatic heterocycles. The fourth-order valence-corrected chi connectivity index (χ4v) is 2.63. The van der Waals surface area contributed by atoms with Gasteiger partial charge in [0.1, 0.15) is 5.75 Å². The molecule has 5 heteroatoms. The van der Waals surface area contributed by atoms with Crippen LogP contribution in [0, 0.1) is 26.7 Å². The van der Waals surface area contributed by atoms with Gasteiger partial charge in [0, 0.05) is 17.3 Å². The summed E-state index contributed by atoms with van der Waals surface area (Å²) in [4.78, 5) is 24.2. The number of carbonyl (C=O) groups excluding carboxylic acids is 2. The van der Waals surface area contributed by atoms with E-state index in [1.54, 1.807) is 0 Å². The van der Waals surface area contributed by atoms with Crippen LogP contribution >= 0.6 is 0 Å². The standard InChI is InChI=1S/C21H24N2O3/c1-13-7-10-17(11-14(13)2)26-12-20(24)22-18-5-4-6-19(15(18)3)23-21(25)16-8-9-16/h4-7,10-11,16H,8-9,12H2,1-3H3,(H,22,24)(H,23,25). The highest BCUT2D eigenvalue weighted by Crippen LogP contribution is 2.31. The van der Waals surface area contributed by atoms with E-state index in [0.29, 0.717) is 11.4 Å². The van der Waals surface area contributed by atoms with E-state index in [-0.39, 0.29) is 24.3 Å². The van der Waals surface area contributed by atoms with Gasteiger partial charge in [-0.05, 0) is 74.6 Å². The molecule has 3 rings (SSSR count). The Kier molecular flexibility index (Phi) is 5.26. The lowest BCUT2D eigenvalue weighted by Gasteiger charge is -2.14. The molecule has 0 heterocycles. The molecule has 2 amide bonds. The lowest BCUT2D eigenvalue weighted by Crippen LogP contribution is -2.21. The summed E-state index contributed by atoms with van der Waals surface area (Å²) in [6, 6.07) is 11.2. The van der Waals surface area contributed by atoms with Crippen molar-refractivity contribution in [1.29, 1.82) is 0 Å². The molecule has 0 atom stereocenters. The zero-order chi connectivity index (χ0) is 18.7. The van der Waals surface area contributed by atoms with Crippen molar-refractivity contribution in [2.24, 2.45) is 5.92 Å². The van der Waals surface area contributed by atoms with Gasteiger partial charge in [-0.15, -0.1) is 0 Å². The second kappa shape index (κ2) is 7.60. The molecular weight excluding hydrogens is 328 g/mol. The van der Waals surface area contributed by atoms with Crippen molar-refractivity contribution in [1.82, 2.24) is 0 Å². The predicted octanol–water partition coefficient (Wildman–Crippen LogP) is 3.98. The number of aryl methyl sites for hydroxylation is 2. The van der Waals surface area contributed by atoms with E-state index in [1.165, 1.54) is 5.56 Å². The van der Waals surface area contributed by atoms with Crippen LogP contribution in [0.1, 0.15) is 29.5 Å². The maximum Gasteiger partial charge on any atom is 0.262 e. The number of benzene rings is 2. The van der Waals surface area contributed by atoms with Gasteiger partial charge in [0.15, 0.2) is 6.61 Å². The Morgan fingerprint density at radius 1 is 1.00 bits per heavy atom. The molecule has 0 unspecified atom stereocenters. The maximum atomic E-state index is 12.2. The summed E-state index contributed by atoms with van der Waals surface area (Å²) in [6.07, 6.45) is 1.91. The Morgan fingerprint density at radius 3 is 2.35 bits per heavy atom. The first kappa shape index (κ1) is 18.0. The van der Waals surface area contributed by atoms with Gasteiger partial charge in [0.05, 0.1) is 0 Å². The predicted molar refractivity (Wildman–Crippen MR) is 103 cm³/mol. The molecule has 2 aromatic carbocycles. The van der Waals surface area contributed by atoms with E-state index in [9.17, 15) is 9.59 Å². The summed E-state index contributed by atoms with van der Waals surface area (Å²) in [5.74, 6) is 0.621. The van der Waals surface area contributed by atoms with Gasteiger partial charge in [0.2, 0.25) is 5.91 Å². The SMILES string of the molecule is Cc1ccc(OCC(=O)Nc2cccc(NC(=O)C3CC3)c2C)cc1C. The molecule has 26 heavy (non-hydrogen) atoms. The molecule has 1 fully saturated rings. The van der Waals surface area contributed by atoms with E-state index in [0.717, 1.165) is 29.7 Å². The van der Waals surface area contributed by atoms with E-state index >= 15 is 0 Å². The normalized spacial score (nSPS) is 13.2. The summed E-state index contributed by atoms with van der Waals surface area (Å²) in [7, 11) is 0. The molecule has 0 saturated heterocycles. The van der Waals surface area contributed by atoms with Crippen LogP contribution in [-0.2, 0) is 9.59 Å². The molecule has 2 aromatic rings. The number of amides is 2. The Balaban J connectivity index is 1.59. The fourth-order valence-electron chi connectivity index (χ4n) is 2.63. The third-order valence-corrected chi connectivity index (χ3v) is 4.66. The highest BCUT2D eigenvalue weighted by atomic mass is 16.5. The fraction of sp³-hybridized carbons (Fsp3) is 0.333. The Labute approximate surface area is 153 Å². The molecule has 136 valence electrons. The lowest BCUT2D eigenvalue weighted by molar-refractivity contribution is -0.118. The van der Waals surface area contributed by atoms with Crippen molar-refractivity contribution < 1.29 is 14.3 Å². The monoisotopic (exact) mass is 352 g/mol. The molecule has 1 aliphatic carbocycles. The highest BCUT2D eigenvalue weighted by Gasteiger charge is 2.29. The molecule has 5 nitrogen and oxygen atoms in total. The second-order valence-electron chi connectivity index (χ2n) is 6.82. The van der Waals surface area contributed by atoms with E-state index in [2.05, 4.69) is 10.6 Å². The number of nitrogens with one attached hydrogen (secondary N) is 2. The largest absolute Gasteiger partial charge is 0.484 e. The molecule has 1 aliphatic rings. The maximum absolute atomic E-state index is 12.2. The number of anilines is 2. The summed E-state index contributed by atoms with van der Waals surface area (Å²) in [5, 5.41) is 5.78. The minimum atomic E-state index is -0.239. The van der Waals surface area contributed by atoms with Crippen molar-refractivity contribution in [2.75, 3.05) is 17.2 Å². The van der Waals surface area contributed by atoms with Crippen LogP contribution in [0.15, 0.2) is 36.4 Å². The molecule has 0 radical (unpaired) electrons. The molecule has 2 N–H and O–H groups in total. The summed E-state index contributed by atoms with van der Waals surface area (Å²) in [6.45, 7) is 5.85. The van der Waals surface area contributed by atoms with Crippen LogP contribution in [0.4, 0.5) is 11.4 Å². The second-order valence-corrected chi connectivity index (χ2v) is 6.82. The number of hydrogen-bond donors (Lipinski definition) is 2. The van der Waals surface area contributed by atoms with Crippen LogP contribution in [-0.4, -0.2) is 18.4 Å². The average Bonchev–Trinajstić information content (AvgIpc) is 3.44. The first-order valence-corrected chi connectivity index (χ1v) is 8.84. The van der Waals surface area contributed by atoms with E-state index in [4.69, 9.17) is 4.74 Å². The summed E-state index contributed by atoms with van der Waals surface area (Å²) in [5.41, 5.74) is 4.54. The first-order valence-electron chi connectivity index (χ1n) is 8.84. The summed E-state index contributed by atoms with van der Waals surface area (Å²) >= 11 is 0. The van der Waals surface area contributed by atoms with Crippen molar-refractivity contribution in [3.8, 4) is 5.75 Å². The molecule has 1 saturated carbocycles. The topological polar surface area (TPSA) is 67.4 Å². The minimum absolute atomic E-state index is 0.0506. The van der Waals surface area contributed by atoms with E-state index in [1.807, 2.05) is 57.2 Å². The zero-order valence-corrected chi connectivity index (χ0v) is 15.4. The van der Waals surface area contributed by atoms with Gasteiger partial charge < -0.3 is 15.4 Å². The van der Waals surface area contributed by atoms with Crippen LogP contribution in [0.3, 0.4) is 0 Å². The zero-order valence-electron chi connectivity index (χ0n) is 15.4. The van der Waals surface area contributed by atoms with E-state index < -0.39 is 0 Å². The van der Waals surface area contributed by atoms with Gasteiger partial charge in [0.25, 0.3) is 5.91 Å². The van der Waals surface area contributed by atoms with Crippen molar-refractivity contribution >= 4 is 23.2 Å². The molecule has 0 aromatic heterocycles. The van der Waals surface area contributed by atoms with Crippen molar-refractivity contribution in [3.63, 3.8) is 0 Å². The van der Waals surface area contributed by atoms with Crippen molar-refractivity contribution in [2.45, 2.75) is 33.6 Å². The lowest BCUT2D eigenvalue weighted by atomic mass is 10.1. The van der Waals surface area contributed by atoms with Gasteiger partial charge >= 0.3 is 0 Å². The molecule has 0 bridgehead atoms. The van der Waals surface area contributed by atoms with Crippen LogP contribution in [0.2, 0.25) is 0 Å². The third-order valence-electron chi connectivity index (χ3n) is 4.66. The minimum Gasteiger partial charge on any atom is -0.484 e. The number of rotatable bonds is 6. The van der Waals surface area contributed by atoms with Crippen LogP contribution < -0.4 is 15.4 Å². The van der Waals surface area contributed by atoms with Gasteiger partial charge in [-0.1, -0.05) is 12.1 Å². The molecular formula is C21H24N2O3. The molecule has 0 spiro atoms. The first-order chi connectivity index (χ1) is 12.4. The number of ether oxygens (including phenoxy) is 1. The average molecular weight is 352 g/mol. The van der Waals surface area contributed by atoms with Crippen LogP contribution in [0.5, 0.6) is 5.75 Å². The highest BCUT2D eigenvalue weighted by molar-refractivity contribution is 5.97. The number of carbonyl (C=O) groups is 2. The Bertz CT molecular complexity index is 841. The smallest absolute Gasteiger partial charge is 0.262 e. The van der Waals surface area contributed by atoms with Crippen LogP contribution in [0.25, 0.3) is 0 Å². The quantitative estimate of drug-likeness (QED) is 0.826. The van der Waals surface area contributed by atoms with Gasteiger partial charge in [-0.2, -0.15) is 0 Å². The third kappa shape index (κ3) is 4.42. The Hall–Kier alpha value is -2.82. The van der Waals surface area contributed by atoms with Crippen molar-refractivity contribution in [3.05, 3.63) is 53.1 Å². The van der Waals surface area contributed by atoms with Gasteiger partial charge in [-0.25, -0.2) is 0 Å². The summed E-state index contributed by atoms with van der Waals surface area (Å²) < 4.78 is 5.57. The van der Waals surface area contributed by atoms with Gasteiger partial charge in [-0.3, -0.25) is 9.59 Å².